The molecule has 22 heavy (non-hydrogen) atoms. The molecule has 2 aromatic rings. The molecular weight excluding hydrogens is 305 g/mol. The first-order chi connectivity index (χ1) is 10.7. The molecule has 1 saturated heterocycles. The molecule has 2 amide bonds. The van der Waals surface area contributed by atoms with Gasteiger partial charge in [-0.15, -0.1) is 11.3 Å². The van der Waals surface area contributed by atoms with Gasteiger partial charge in [-0.05, 0) is 30.5 Å². The third-order valence-electron chi connectivity index (χ3n) is 3.51. The maximum Gasteiger partial charge on any atom is 0.321 e. The minimum atomic E-state index is -0.347. The van der Waals surface area contributed by atoms with E-state index in [-0.39, 0.29) is 24.0 Å². The summed E-state index contributed by atoms with van der Waals surface area (Å²) in [6, 6.07) is 5.45. The summed E-state index contributed by atoms with van der Waals surface area (Å²) in [5.74, 6) is -0.304. The number of nitrogens with one attached hydrogen (secondary N) is 2. The molecule has 5 nitrogen and oxygen atoms in total. The van der Waals surface area contributed by atoms with E-state index in [1.54, 1.807) is 23.7 Å². The van der Waals surface area contributed by atoms with Gasteiger partial charge >= 0.3 is 6.03 Å². The van der Waals surface area contributed by atoms with Gasteiger partial charge in [0.05, 0.1) is 12.1 Å². The van der Waals surface area contributed by atoms with Crippen molar-refractivity contribution in [1.29, 1.82) is 0 Å². The molecule has 2 N–H and O–H groups in total. The largest absolute Gasteiger partial charge is 0.376 e. The van der Waals surface area contributed by atoms with Gasteiger partial charge in [-0.1, -0.05) is 12.1 Å². The van der Waals surface area contributed by atoms with Crippen molar-refractivity contribution in [1.82, 2.24) is 10.3 Å². The maximum absolute atomic E-state index is 13.1. The van der Waals surface area contributed by atoms with Gasteiger partial charge in [-0.3, -0.25) is 5.32 Å². The van der Waals surface area contributed by atoms with Crippen LogP contribution in [0.3, 0.4) is 0 Å². The minimum Gasteiger partial charge on any atom is -0.376 e. The van der Waals surface area contributed by atoms with Crippen LogP contribution in [0.15, 0.2) is 35.8 Å². The molecule has 2 heterocycles. The Hall–Kier alpha value is -1.99. The second-order valence-corrected chi connectivity index (χ2v) is 5.91. The number of anilines is 1. The SMILES string of the molecule is O=C(Nc1nccs1)N[C@H](c1ccc(F)cc1)[C@H]1CCCO1. The van der Waals surface area contributed by atoms with Gasteiger partial charge in [0.15, 0.2) is 5.13 Å². The number of carbonyl (C=O) groups is 1. The fourth-order valence-corrected chi connectivity index (χ4v) is 3.01. The van der Waals surface area contributed by atoms with Crippen LogP contribution in [0.1, 0.15) is 24.4 Å². The third-order valence-corrected chi connectivity index (χ3v) is 4.19. The summed E-state index contributed by atoms with van der Waals surface area (Å²) in [5.41, 5.74) is 0.822. The van der Waals surface area contributed by atoms with Crippen molar-refractivity contribution in [2.75, 3.05) is 11.9 Å². The number of urea groups is 1. The zero-order valence-corrected chi connectivity index (χ0v) is 12.6. The molecule has 1 aliphatic heterocycles. The molecule has 0 saturated carbocycles. The molecule has 1 aromatic carbocycles. The number of ether oxygens (including phenoxy) is 1. The average molecular weight is 321 g/mol. The summed E-state index contributed by atoms with van der Waals surface area (Å²) in [6.07, 6.45) is 3.34. The number of nitrogens with zero attached hydrogens (tertiary/aromatic N) is 1. The molecule has 0 aliphatic carbocycles. The van der Waals surface area contributed by atoms with Crippen molar-refractivity contribution in [3.63, 3.8) is 0 Å². The topological polar surface area (TPSA) is 63.2 Å². The predicted molar refractivity (Wildman–Crippen MR) is 82.4 cm³/mol. The molecule has 0 unspecified atom stereocenters. The van der Waals surface area contributed by atoms with Crippen molar-refractivity contribution in [3.05, 3.63) is 47.2 Å². The van der Waals surface area contributed by atoms with Crippen molar-refractivity contribution in [3.8, 4) is 0 Å². The fourth-order valence-electron chi connectivity index (χ4n) is 2.49. The Balaban J connectivity index is 1.73. The summed E-state index contributed by atoms with van der Waals surface area (Å²) in [4.78, 5) is 16.1. The molecular formula is C15H16FN3O2S. The quantitative estimate of drug-likeness (QED) is 0.908. The van der Waals surface area contributed by atoms with Crippen LogP contribution in [0.4, 0.5) is 14.3 Å². The summed E-state index contributed by atoms with van der Waals surface area (Å²) >= 11 is 1.34. The van der Waals surface area contributed by atoms with Crippen LogP contribution < -0.4 is 10.6 Å². The van der Waals surface area contributed by atoms with Crippen LogP contribution >= 0.6 is 11.3 Å². The van der Waals surface area contributed by atoms with Gasteiger partial charge in [0, 0.05) is 18.2 Å². The van der Waals surface area contributed by atoms with Gasteiger partial charge in [0.25, 0.3) is 0 Å². The molecule has 0 spiro atoms. The zero-order chi connectivity index (χ0) is 15.4. The number of hydrogen-bond acceptors (Lipinski definition) is 4. The van der Waals surface area contributed by atoms with E-state index in [1.807, 2.05) is 0 Å². The Morgan fingerprint density at radius 3 is 2.86 bits per heavy atom. The second-order valence-electron chi connectivity index (χ2n) is 5.02. The molecule has 3 rings (SSSR count). The highest BCUT2D eigenvalue weighted by Gasteiger charge is 2.29. The van der Waals surface area contributed by atoms with Crippen molar-refractivity contribution < 1.29 is 13.9 Å². The van der Waals surface area contributed by atoms with Crippen LogP contribution in [0.25, 0.3) is 0 Å². The standard InChI is InChI=1S/C15H16FN3O2S/c16-11-5-3-10(4-6-11)13(12-2-1-8-21-12)18-14(20)19-15-17-7-9-22-15/h3-7,9,12-13H,1-2,8H2,(H2,17,18,19,20)/t12-,13-/m1/s1. The summed E-state index contributed by atoms with van der Waals surface area (Å²) in [6.45, 7) is 0.679. The van der Waals surface area contributed by atoms with Crippen LogP contribution in [-0.4, -0.2) is 23.7 Å². The molecule has 0 bridgehead atoms. The smallest absolute Gasteiger partial charge is 0.321 e. The molecule has 1 aliphatic rings. The molecule has 116 valence electrons. The summed E-state index contributed by atoms with van der Waals surface area (Å²) in [7, 11) is 0. The van der Waals surface area contributed by atoms with Gasteiger partial charge in [0.2, 0.25) is 0 Å². The molecule has 1 aromatic heterocycles. The van der Waals surface area contributed by atoms with Crippen molar-refractivity contribution in [2.24, 2.45) is 0 Å². The van der Waals surface area contributed by atoms with E-state index >= 15 is 0 Å². The minimum absolute atomic E-state index is 0.104. The van der Waals surface area contributed by atoms with Crippen LogP contribution in [-0.2, 0) is 4.74 Å². The highest BCUT2D eigenvalue weighted by Crippen LogP contribution is 2.27. The number of carbonyl (C=O) groups excluding carboxylic acids is 1. The maximum atomic E-state index is 13.1. The Morgan fingerprint density at radius 2 is 2.23 bits per heavy atom. The van der Waals surface area contributed by atoms with E-state index in [2.05, 4.69) is 15.6 Å². The van der Waals surface area contributed by atoms with Crippen molar-refractivity contribution >= 4 is 22.5 Å². The van der Waals surface area contributed by atoms with E-state index in [0.717, 1.165) is 18.4 Å². The number of rotatable bonds is 4. The first-order valence-electron chi connectivity index (χ1n) is 7.06. The molecule has 1 fully saturated rings. The summed E-state index contributed by atoms with van der Waals surface area (Å²) in [5, 5.41) is 7.90. The monoisotopic (exact) mass is 321 g/mol. The van der Waals surface area contributed by atoms with E-state index in [0.29, 0.717) is 11.7 Å². The van der Waals surface area contributed by atoms with Gasteiger partial charge in [-0.2, -0.15) is 0 Å². The van der Waals surface area contributed by atoms with Crippen LogP contribution in [0.5, 0.6) is 0 Å². The number of benzene rings is 1. The average Bonchev–Trinajstić information content (AvgIpc) is 3.19. The van der Waals surface area contributed by atoms with E-state index < -0.39 is 0 Å². The number of halogens is 1. The van der Waals surface area contributed by atoms with E-state index in [1.165, 1.54) is 23.5 Å². The predicted octanol–water partition coefficient (Wildman–Crippen LogP) is 3.32. The number of amides is 2. The lowest BCUT2D eigenvalue weighted by Gasteiger charge is -2.24. The van der Waals surface area contributed by atoms with Gasteiger partial charge in [-0.25, -0.2) is 14.2 Å². The van der Waals surface area contributed by atoms with Crippen LogP contribution in [0, 0.1) is 5.82 Å². The third kappa shape index (κ3) is 3.61. The number of thiazole rings is 1. The highest BCUT2D eigenvalue weighted by molar-refractivity contribution is 7.13. The lowest BCUT2D eigenvalue weighted by atomic mass is 9.99. The Kier molecular flexibility index (Phi) is 4.65. The van der Waals surface area contributed by atoms with Crippen molar-refractivity contribution in [2.45, 2.75) is 25.0 Å². The Labute approximate surface area is 131 Å². The van der Waals surface area contributed by atoms with Gasteiger partial charge < -0.3 is 10.1 Å². The lowest BCUT2D eigenvalue weighted by molar-refractivity contribution is 0.0815. The Morgan fingerprint density at radius 1 is 1.41 bits per heavy atom. The molecule has 2 atom stereocenters. The highest BCUT2D eigenvalue weighted by atomic mass is 32.1. The number of hydrogen-bond donors (Lipinski definition) is 2. The lowest BCUT2D eigenvalue weighted by Crippen LogP contribution is -2.38. The second kappa shape index (κ2) is 6.85. The first kappa shape index (κ1) is 14.9. The van der Waals surface area contributed by atoms with Gasteiger partial charge in [0.1, 0.15) is 5.82 Å². The molecule has 7 heteroatoms. The molecule has 0 radical (unpaired) electrons. The van der Waals surface area contributed by atoms with Crippen LogP contribution in [0.2, 0.25) is 0 Å². The first-order valence-corrected chi connectivity index (χ1v) is 7.94. The zero-order valence-electron chi connectivity index (χ0n) is 11.8. The Bertz CT molecular complexity index is 612. The normalized spacial score (nSPS) is 18.9. The fraction of sp³-hybridized carbons (Fsp3) is 0.333. The number of aromatic nitrogens is 1. The van der Waals surface area contributed by atoms with E-state index in [4.69, 9.17) is 4.74 Å². The van der Waals surface area contributed by atoms with E-state index in [9.17, 15) is 9.18 Å². The summed E-state index contributed by atoms with van der Waals surface area (Å²) < 4.78 is 18.8.